The highest BCUT2D eigenvalue weighted by molar-refractivity contribution is 7.92. The van der Waals surface area contributed by atoms with Crippen molar-refractivity contribution in [3.05, 3.63) is 71.0 Å². The summed E-state index contributed by atoms with van der Waals surface area (Å²) >= 11 is 0. The average molecular weight is 908 g/mol. The van der Waals surface area contributed by atoms with E-state index < -0.39 is 38.1 Å². The molecule has 6 heterocycles. The van der Waals surface area contributed by atoms with E-state index in [0.29, 0.717) is 41.4 Å². The number of sulfone groups is 1. The molecule has 342 valence electrons. The van der Waals surface area contributed by atoms with Crippen LogP contribution in [-0.4, -0.2) is 101 Å². The number of nitrogens with zero attached hydrogens (tertiary/aromatic N) is 7. The van der Waals surface area contributed by atoms with Crippen molar-refractivity contribution < 1.29 is 40.7 Å². The first kappa shape index (κ1) is 44.8. The molecule has 0 radical (unpaired) electrons. The number of imide groups is 1. The highest BCUT2D eigenvalue weighted by atomic mass is 32.2. The summed E-state index contributed by atoms with van der Waals surface area (Å²) in [4.78, 5) is 57.1. The maximum Gasteiger partial charge on any atom is 0.501 e. The first-order valence-corrected chi connectivity index (χ1v) is 23.1. The molecule has 3 saturated heterocycles. The molecule has 3 aromatic heterocycles. The number of rotatable bonds is 7. The van der Waals surface area contributed by atoms with Crippen molar-refractivity contribution in [2.75, 3.05) is 50.6 Å². The predicted molar refractivity (Wildman–Crippen MR) is 233 cm³/mol. The van der Waals surface area contributed by atoms with Crippen molar-refractivity contribution in [2.45, 2.75) is 93.1 Å². The number of anilines is 2. The van der Waals surface area contributed by atoms with Crippen LogP contribution < -0.4 is 26.0 Å². The molecule has 1 aliphatic carbocycles. The Hall–Kier alpha value is -5.76. The van der Waals surface area contributed by atoms with E-state index in [1.807, 2.05) is 23.0 Å². The summed E-state index contributed by atoms with van der Waals surface area (Å²) in [5.74, 6) is -1.19. The fourth-order valence-corrected chi connectivity index (χ4v) is 10.4. The summed E-state index contributed by atoms with van der Waals surface area (Å²) in [5.41, 5.74) is -1.96. The number of benzene rings is 2. The summed E-state index contributed by atoms with van der Waals surface area (Å²) in [5, 5.41) is 10.3. The van der Waals surface area contributed by atoms with Crippen LogP contribution in [-0.2, 0) is 26.5 Å². The van der Waals surface area contributed by atoms with Gasteiger partial charge in [-0.15, -0.1) is 0 Å². The molecule has 0 bridgehead atoms. The number of hydrogen-bond acceptors (Lipinski definition) is 11. The topological polar surface area (TPSA) is 183 Å². The second kappa shape index (κ2) is 17.7. The van der Waals surface area contributed by atoms with Gasteiger partial charge < -0.3 is 19.9 Å². The lowest BCUT2D eigenvalue weighted by Crippen LogP contribution is -2.46. The molecule has 1 atom stereocenters. The Morgan fingerprint density at radius 2 is 1.64 bits per heavy atom. The molecule has 4 fully saturated rings. The van der Waals surface area contributed by atoms with Crippen molar-refractivity contribution >= 4 is 60.9 Å². The molecule has 16 nitrogen and oxygen atoms in total. The van der Waals surface area contributed by atoms with E-state index in [2.05, 4.69) is 43.6 Å². The van der Waals surface area contributed by atoms with Crippen LogP contribution in [0.25, 0.3) is 21.9 Å². The molecule has 9 rings (SSSR count). The summed E-state index contributed by atoms with van der Waals surface area (Å²) < 4.78 is 72.3. The standard InChI is InChI=1S/C23H31N5O3.C21H21F3N4O4S/c1-25-12-8-23(9-13-25)10-14-27(15-11-23)16-4-3-5-17-20(16)26(2)22(31)28(17)18-6-7-19(29)24-21(18)30;1-32-19-9-17-14(12-28(27-17)15-5-3-2-4-6-15)8-18(19)26-20(29)13-7-16(11-25-10-13)33(30,31)21(22,23)24/h3-5,18H,6-15H2,1-2H3,(H,24,29,30);7-12,15H,2-6H2,1H3,(H,26,29). The van der Waals surface area contributed by atoms with E-state index in [-0.39, 0.29) is 29.3 Å². The third-order valence-corrected chi connectivity index (χ3v) is 14.9. The zero-order chi connectivity index (χ0) is 45.6. The minimum Gasteiger partial charge on any atom is -0.494 e. The highest BCUT2D eigenvalue weighted by Gasteiger charge is 2.47. The van der Waals surface area contributed by atoms with Crippen LogP contribution in [0, 0.1) is 5.41 Å². The van der Waals surface area contributed by atoms with Crippen molar-refractivity contribution in [1.29, 1.82) is 0 Å². The SMILES string of the molecule is CN1CCC2(CC1)CCN(c1cccc3c1n(C)c(=O)n3C1CCC(=O)NC1=O)CC2.COc1cc2nn(C3CCCCC3)cc2cc1NC(=O)c1cncc(S(=O)(=O)C(F)(F)F)c1. The number of alkyl halides is 3. The summed E-state index contributed by atoms with van der Waals surface area (Å²) in [7, 11) is -0.242. The minimum absolute atomic E-state index is 0.208. The minimum atomic E-state index is -5.63. The van der Waals surface area contributed by atoms with Crippen LogP contribution in [0.3, 0.4) is 0 Å². The first-order valence-electron chi connectivity index (χ1n) is 21.6. The summed E-state index contributed by atoms with van der Waals surface area (Å²) in [6.07, 6.45) is 14.5. The Bertz CT molecular complexity index is 2760. The van der Waals surface area contributed by atoms with E-state index in [1.165, 1.54) is 52.3 Å². The zero-order valence-electron chi connectivity index (χ0n) is 36.0. The molecular weight excluding hydrogens is 856 g/mol. The van der Waals surface area contributed by atoms with Gasteiger partial charge in [-0.05, 0) is 94.8 Å². The van der Waals surface area contributed by atoms with Crippen molar-refractivity contribution in [1.82, 2.24) is 34.1 Å². The van der Waals surface area contributed by atoms with Crippen LogP contribution in [0.1, 0.15) is 93.1 Å². The number of carbonyl (C=O) groups excluding carboxylic acids is 3. The van der Waals surface area contributed by atoms with Crippen molar-refractivity contribution in [3.63, 3.8) is 0 Å². The Morgan fingerprint density at radius 1 is 0.938 bits per heavy atom. The molecule has 64 heavy (non-hydrogen) atoms. The number of carbonyl (C=O) groups is 3. The Kier molecular flexibility index (Phi) is 12.4. The first-order chi connectivity index (χ1) is 30.5. The monoisotopic (exact) mass is 907 g/mol. The van der Waals surface area contributed by atoms with Crippen LogP contribution in [0.2, 0.25) is 0 Å². The average Bonchev–Trinajstić information content (AvgIpc) is 3.82. The van der Waals surface area contributed by atoms with Gasteiger partial charge >= 0.3 is 11.2 Å². The van der Waals surface area contributed by atoms with E-state index >= 15 is 0 Å². The lowest BCUT2D eigenvalue weighted by Gasteiger charge is -2.47. The number of methoxy groups -OCH3 is 1. The lowest BCUT2D eigenvalue weighted by molar-refractivity contribution is -0.135. The number of aryl methyl sites for hydroxylation is 1. The summed E-state index contributed by atoms with van der Waals surface area (Å²) in [6, 6.07) is 9.58. The predicted octanol–water partition coefficient (Wildman–Crippen LogP) is 6.12. The molecule has 1 saturated carbocycles. The Balaban J connectivity index is 0.000000175. The number of piperidine rings is 3. The molecule has 3 amide bonds. The smallest absolute Gasteiger partial charge is 0.494 e. The van der Waals surface area contributed by atoms with Gasteiger partial charge in [0.05, 0.1) is 51.5 Å². The van der Waals surface area contributed by atoms with E-state index in [0.717, 1.165) is 67.1 Å². The van der Waals surface area contributed by atoms with Gasteiger partial charge in [-0.25, -0.2) is 13.2 Å². The number of halogens is 3. The van der Waals surface area contributed by atoms with Crippen LogP contribution in [0.5, 0.6) is 5.75 Å². The van der Waals surface area contributed by atoms with Gasteiger partial charge in [0, 0.05) is 56.6 Å². The number of likely N-dealkylation sites (tertiary alicyclic amines) is 1. The highest BCUT2D eigenvalue weighted by Crippen LogP contribution is 2.43. The fourth-order valence-electron chi connectivity index (χ4n) is 9.61. The number of para-hydroxylation sites is 1. The van der Waals surface area contributed by atoms with Gasteiger partial charge in [-0.1, -0.05) is 25.3 Å². The van der Waals surface area contributed by atoms with Gasteiger partial charge in [0.15, 0.2) is 0 Å². The van der Waals surface area contributed by atoms with E-state index in [4.69, 9.17) is 4.74 Å². The maximum absolute atomic E-state index is 13.2. The largest absolute Gasteiger partial charge is 0.501 e. The Labute approximate surface area is 367 Å². The Morgan fingerprint density at radius 3 is 2.31 bits per heavy atom. The molecule has 1 spiro atoms. The summed E-state index contributed by atoms with van der Waals surface area (Å²) in [6.45, 7) is 4.33. The maximum atomic E-state index is 13.2. The normalized spacial score (nSPS) is 20.0. The second-order valence-electron chi connectivity index (χ2n) is 17.4. The van der Waals surface area contributed by atoms with Gasteiger partial charge in [0.2, 0.25) is 11.8 Å². The second-order valence-corrected chi connectivity index (χ2v) is 19.4. The number of hydrogen-bond donors (Lipinski definition) is 2. The fraction of sp³-hybridized carbons (Fsp3) is 0.500. The molecule has 20 heteroatoms. The molecule has 2 aromatic carbocycles. The number of ether oxygens (including phenoxy) is 1. The number of aromatic nitrogens is 5. The number of amides is 3. The third-order valence-electron chi connectivity index (χ3n) is 13.4. The molecule has 5 aromatic rings. The number of nitrogens with one attached hydrogen (secondary N) is 2. The van der Waals surface area contributed by atoms with Crippen molar-refractivity contribution in [3.8, 4) is 5.75 Å². The zero-order valence-corrected chi connectivity index (χ0v) is 36.8. The quantitative estimate of drug-likeness (QED) is 0.180. The molecule has 1 unspecified atom stereocenters. The van der Waals surface area contributed by atoms with Gasteiger partial charge in [0.1, 0.15) is 11.8 Å². The van der Waals surface area contributed by atoms with E-state index in [9.17, 15) is 40.8 Å². The molecule has 3 aliphatic heterocycles. The van der Waals surface area contributed by atoms with Gasteiger partial charge in [0.25, 0.3) is 15.7 Å². The number of imidazole rings is 1. The lowest BCUT2D eigenvalue weighted by atomic mass is 9.71. The van der Waals surface area contributed by atoms with E-state index in [1.54, 1.807) is 28.3 Å². The van der Waals surface area contributed by atoms with Gasteiger partial charge in [-0.3, -0.25) is 38.5 Å². The number of pyridine rings is 1. The van der Waals surface area contributed by atoms with Crippen LogP contribution in [0.15, 0.2) is 64.7 Å². The number of fused-ring (bicyclic) bond motifs is 2. The van der Waals surface area contributed by atoms with Crippen LogP contribution in [0.4, 0.5) is 24.5 Å². The van der Waals surface area contributed by atoms with Crippen LogP contribution >= 0.6 is 0 Å². The third kappa shape index (κ3) is 8.73. The molecule has 4 aliphatic rings. The molecule has 2 N–H and O–H groups in total. The van der Waals surface area contributed by atoms with Crippen molar-refractivity contribution in [2.24, 2.45) is 12.5 Å². The van der Waals surface area contributed by atoms with Gasteiger partial charge in [-0.2, -0.15) is 18.3 Å². The molecular formula is C44H52F3N9O7S.